The summed E-state index contributed by atoms with van der Waals surface area (Å²) in [6, 6.07) is 3.28. The monoisotopic (exact) mass is 1380 g/mol. The fraction of sp³-hybridized carbons (Fsp3) is 0.672. The number of ether oxygens (including phenoxy) is 9. The number of aliphatic hydroxyl groups is 4. The van der Waals surface area contributed by atoms with Crippen LogP contribution in [0.25, 0.3) is 0 Å². The maximum atomic E-state index is 15.3. The van der Waals surface area contributed by atoms with Gasteiger partial charge in [0, 0.05) is 44.9 Å². The highest BCUT2D eigenvalue weighted by molar-refractivity contribution is 7.89. The Morgan fingerprint density at radius 2 is 1.27 bits per heavy atom. The van der Waals surface area contributed by atoms with Gasteiger partial charge >= 0.3 is 30.5 Å². The number of carbonyl (C=O) groups excluding carboxylic acids is 6. The van der Waals surface area contributed by atoms with E-state index >= 15 is 8.42 Å². The lowest BCUT2D eigenvalue weighted by molar-refractivity contribution is -0.387. The molecule has 34 nitrogen and oxygen atoms in total. The van der Waals surface area contributed by atoms with Gasteiger partial charge in [-0.05, 0) is 152 Å². The van der Waals surface area contributed by atoms with Crippen LogP contribution in [0.1, 0.15) is 128 Å². The Kier molecular flexibility index (Phi) is 27.1. The number of amides is 6. The van der Waals surface area contributed by atoms with Crippen molar-refractivity contribution < 1.29 is 110 Å². The van der Waals surface area contributed by atoms with Gasteiger partial charge in [-0.25, -0.2) is 32.4 Å². The van der Waals surface area contributed by atoms with Crippen molar-refractivity contribution in [1.29, 1.82) is 0 Å². The zero-order valence-electron chi connectivity index (χ0n) is 56.4. The molecule has 9 N–H and O–H groups in total. The van der Waals surface area contributed by atoms with Gasteiger partial charge in [-0.3, -0.25) is 25.0 Å². The van der Waals surface area contributed by atoms with E-state index in [-0.39, 0.29) is 44.0 Å². The molecule has 538 valence electrons. The Morgan fingerprint density at radius 3 is 1.84 bits per heavy atom. The number of nitrogens with zero attached hydrogens (tertiary/aromatic N) is 4. The smallest absolute Gasteiger partial charge is 0.410 e. The highest BCUT2D eigenvalue weighted by atomic mass is 32.2. The first-order valence-corrected chi connectivity index (χ1v) is 32.4. The number of carbonyl (C=O) groups is 6. The van der Waals surface area contributed by atoms with Crippen LogP contribution in [0.5, 0.6) is 0 Å². The second-order valence-electron chi connectivity index (χ2n) is 27.4. The highest BCUT2D eigenvalue weighted by Gasteiger charge is 2.56. The standard InChI is InChI=1S/C61H93N9O25S/c1-57(2,3)92-53(76)62-28-17-18-30-68(96(85,86)43-20-16-15-19-40(43)70(83)84)41-26-25-37(32-64-52(75)87-33-35-21-23-36(24-22-35)69(81)82)89-50(41)90-47-39(66-55(78)94-59(7,8)9)31-38(65-49(74)42(71)27-29-63-54(77)93-58(4,5)6)46(44(47)72)91-51-45(73)48(61(13,80)34-88-51)67(14)56(79)95-60(10,11)12/h15-16,19-25,38-39,41-42,44-48,50-51,71-73,80H,17-18,26-34H2,1-14H3,(H,62,76)(H,63,77)(H,64,75)(H,65,74)(H,66,78)/t38-,39+,41-,42+,44-,45-,46+,47-,48-,50-,51-,61+/m1/s1. The number of unbranched alkanes of at least 4 members (excludes halogenated alkanes) is 1. The van der Waals surface area contributed by atoms with Crippen LogP contribution < -0.4 is 26.6 Å². The summed E-state index contributed by atoms with van der Waals surface area (Å²) in [6.45, 7) is 18.1. The first-order chi connectivity index (χ1) is 44.4. The van der Waals surface area contributed by atoms with Crippen molar-refractivity contribution in [3.8, 4) is 0 Å². The van der Waals surface area contributed by atoms with Crippen LogP contribution in [0, 0.1) is 20.2 Å². The fourth-order valence-electron chi connectivity index (χ4n) is 10.3. The molecule has 1 saturated heterocycles. The number of alkyl carbamates (subject to hydrolysis) is 4. The lowest BCUT2D eigenvalue weighted by atomic mass is 9.82. The number of nitro benzene ring substituents is 2. The zero-order chi connectivity index (χ0) is 72.1. The van der Waals surface area contributed by atoms with Crippen molar-refractivity contribution in [3.05, 3.63) is 86.2 Å². The molecule has 35 heteroatoms. The number of non-ortho nitro benzene ring substituents is 1. The molecule has 12 atom stereocenters. The third-order valence-electron chi connectivity index (χ3n) is 14.4. The number of nitro groups is 2. The molecule has 96 heavy (non-hydrogen) atoms. The van der Waals surface area contributed by atoms with Crippen LogP contribution in [0.2, 0.25) is 0 Å². The number of likely N-dealkylation sites (N-methyl/N-ethyl adjacent to an activating group) is 1. The molecular weight excluding hydrogens is 1290 g/mol. The minimum atomic E-state index is -5.07. The summed E-state index contributed by atoms with van der Waals surface area (Å²) in [5.74, 6) is -1.26. The predicted molar refractivity (Wildman–Crippen MR) is 338 cm³/mol. The topological polar surface area (TPSA) is 453 Å². The number of hydrogen-bond acceptors (Lipinski definition) is 25. The maximum Gasteiger partial charge on any atom is 0.410 e. The van der Waals surface area contributed by atoms with Gasteiger partial charge in [0.15, 0.2) is 11.2 Å². The maximum absolute atomic E-state index is 15.3. The summed E-state index contributed by atoms with van der Waals surface area (Å²) in [6.07, 6.45) is -18.7. The van der Waals surface area contributed by atoms with Crippen molar-refractivity contribution in [2.75, 3.05) is 39.8 Å². The largest absolute Gasteiger partial charge is 0.466 e. The molecule has 0 unspecified atom stereocenters. The van der Waals surface area contributed by atoms with Gasteiger partial charge in [0.25, 0.3) is 11.4 Å². The number of benzene rings is 2. The molecule has 0 aromatic heterocycles. The van der Waals surface area contributed by atoms with Crippen LogP contribution in [0.3, 0.4) is 0 Å². The molecule has 5 rings (SSSR count). The second-order valence-corrected chi connectivity index (χ2v) is 29.2. The molecule has 6 amide bonds. The molecule has 1 aliphatic carbocycles. The lowest BCUT2D eigenvalue weighted by Gasteiger charge is -2.51. The average Bonchev–Trinajstić information content (AvgIpc) is 0.781. The van der Waals surface area contributed by atoms with Gasteiger partial charge in [0.05, 0.1) is 47.2 Å². The molecule has 2 fully saturated rings. The van der Waals surface area contributed by atoms with Gasteiger partial charge in [-0.1, -0.05) is 12.1 Å². The average molecular weight is 1380 g/mol. The summed E-state index contributed by atoms with van der Waals surface area (Å²) in [4.78, 5) is 103. The van der Waals surface area contributed by atoms with E-state index in [1.165, 1.54) is 77.2 Å². The normalized spacial score (nSPS) is 24.3. The Morgan fingerprint density at radius 1 is 0.719 bits per heavy atom. The Hall–Kier alpha value is -7.77. The highest BCUT2D eigenvalue weighted by Crippen LogP contribution is 2.38. The summed E-state index contributed by atoms with van der Waals surface area (Å²) in [7, 11) is -3.84. The van der Waals surface area contributed by atoms with Crippen molar-refractivity contribution in [3.63, 3.8) is 0 Å². The van der Waals surface area contributed by atoms with E-state index in [9.17, 15) is 69.4 Å². The van der Waals surface area contributed by atoms with Crippen LogP contribution in [0.15, 0.2) is 65.3 Å². The SMILES string of the molecule is CN(C(=O)OC(C)(C)C)[C@@H]1[C@@H](O)[C@@H](O[C@@H]2[C@@H](O)[C@H](O[C@H]3OC(CNC(=O)OCc4ccc([N+](=O)[O-])cc4)=CC[C@H]3N(CCCCNC(=O)OC(C)(C)C)S(=O)(=O)c3ccccc3[N+](=O)[O-])[C@@H](NC(=O)OC(C)(C)C)C[C@H]2NC(=O)[C@@H](O)CCNC(=O)OC(C)(C)C)OC[C@]1(C)O. The van der Waals surface area contributed by atoms with Crippen molar-refractivity contribution >= 4 is 57.8 Å². The minimum Gasteiger partial charge on any atom is -0.466 e. The third kappa shape index (κ3) is 23.8. The predicted octanol–water partition coefficient (Wildman–Crippen LogP) is 4.62. The number of nitrogens with one attached hydrogen (secondary N) is 5. The van der Waals surface area contributed by atoms with E-state index in [0.717, 1.165) is 21.3 Å². The van der Waals surface area contributed by atoms with Crippen LogP contribution in [-0.4, -0.2) is 219 Å². The number of aliphatic hydroxyl groups excluding tert-OH is 3. The van der Waals surface area contributed by atoms with Crippen LogP contribution in [-0.2, 0) is 64.1 Å². The lowest BCUT2D eigenvalue weighted by Crippen LogP contribution is -2.71. The second kappa shape index (κ2) is 33.0. The summed E-state index contributed by atoms with van der Waals surface area (Å²) in [5, 5.41) is 84.8. The molecule has 2 aliphatic heterocycles. The molecular formula is C61H93N9O25S. The molecule has 2 heterocycles. The van der Waals surface area contributed by atoms with E-state index in [1.54, 1.807) is 62.3 Å². The number of rotatable bonds is 25. The summed E-state index contributed by atoms with van der Waals surface area (Å²) >= 11 is 0. The van der Waals surface area contributed by atoms with E-state index < -0.39 is 201 Å². The molecule has 0 bridgehead atoms. The quantitative estimate of drug-likeness (QED) is 0.0283. The summed E-state index contributed by atoms with van der Waals surface area (Å²) in [5.41, 5.74) is -6.71. The van der Waals surface area contributed by atoms with Crippen LogP contribution >= 0.6 is 0 Å². The fourth-order valence-corrected chi connectivity index (χ4v) is 12.1. The number of sulfonamides is 1. The van der Waals surface area contributed by atoms with Crippen LogP contribution in [0.4, 0.5) is 35.3 Å². The minimum absolute atomic E-state index is 0.0498. The number of hydrogen-bond donors (Lipinski definition) is 9. The molecule has 3 aliphatic rings. The van der Waals surface area contributed by atoms with E-state index in [4.69, 9.17) is 42.6 Å². The van der Waals surface area contributed by atoms with E-state index in [2.05, 4.69) is 26.6 Å². The molecule has 0 radical (unpaired) electrons. The molecule has 1 saturated carbocycles. The molecule has 2 aromatic rings. The summed E-state index contributed by atoms with van der Waals surface area (Å²) < 4.78 is 84.3. The third-order valence-corrected chi connectivity index (χ3v) is 16.4. The van der Waals surface area contributed by atoms with E-state index in [1.807, 2.05) is 0 Å². The molecule has 0 spiro atoms. The Bertz CT molecular complexity index is 3180. The van der Waals surface area contributed by atoms with Gasteiger partial charge in [0.2, 0.25) is 22.2 Å². The molecule has 2 aromatic carbocycles. The zero-order valence-corrected chi connectivity index (χ0v) is 57.2. The first-order valence-electron chi connectivity index (χ1n) is 31.0. The first kappa shape index (κ1) is 78.9. The van der Waals surface area contributed by atoms with Crippen molar-refractivity contribution in [2.45, 2.75) is 229 Å². The van der Waals surface area contributed by atoms with Gasteiger partial charge < -0.3 is 94.5 Å². The van der Waals surface area contributed by atoms with Gasteiger partial charge in [-0.2, -0.15) is 4.31 Å². The van der Waals surface area contributed by atoms with E-state index in [0.29, 0.717) is 5.56 Å². The van der Waals surface area contributed by atoms with Crippen molar-refractivity contribution in [2.24, 2.45) is 0 Å². The Labute approximate surface area is 556 Å². The van der Waals surface area contributed by atoms with Gasteiger partial charge in [-0.15, -0.1) is 0 Å². The van der Waals surface area contributed by atoms with Crippen molar-refractivity contribution in [1.82, 2.24) is 35.8 Å². The van der Waals surface area contributed by atoms with Gasteiger partial charge in [0.1, 0.15) is 70.9 Å². The Balaban J connectivity index is 1.65. The number of para-hydroxylation sites is 1.